The number of esters is 1. The van der Waals surface area contributed by atoms with Gasteiger partial charge in [0.15, 0.2) is 0 Å². The number of nitrogens with zero attached hydrogens (tertiary/aromatic N) is 1. The molecule has 3 aromatic rings. The molecule has 2 amide bonds. The van der Waals surface area contributed by atoms with Crippen LogP contribution in [0, 0.1) is 0 Å². The lowest BCUT2D eigenvalue weighted by molar-refractivity contribution is 0.0526. The van der Waals surface area contributed by atoms with Crippen LogP contribution >= 0.6 is 0 Å². The highest BCUT2D eigenvalue weighted by atomic mass is 16.5. The van der Waals surface area contributed by atoms with E-state index in [1.807, 2.05) is 30.3 Å². The van der Waals surface area contributed by atoms with E-state index in [1.54, 1.807) is 55.7 Å². The quantitative estimate of drug-likeness (QED) is 0.495. The Hall–Kier alpha value is -3.87. The van der Waals surface area contributed by atoms with Crippen LogP contribution in [0.15, 0.2) is 79.1 Å². The summed E-state index contributed by atoms with van der Waals surface area (Å²) in [5.41, 5.74) is 2.14. The molecule has 0 bridgehead atoms. The largest absolute Gasteiger partial charge is 0.486 e. The third-order valence-corrected chi connectivity index (χ3v) is 4.45. The number of hydrogen-bond donors (Lipinski definition) is 2. The van der Waals surface area contributed by atoms with E-state index in [9.17, 15) is 9.59 Å². The predicted octanol–water partition coefficient (Wildman–Crippen LogP) is 4.59. The number of carbonyl (C=O) groups is 2. The molecule has 1 atom stereocenters. The van der Waals surface area contributed by atoms with Gasteiger partial charge in [-0.15, -0.1) is 0 Å². The molecule has 0 spiro atoms. The minimum absolute atomic E-state index is 0.268. The molecule has 31 heavy (non-hydrogen) atoms. The van der Waals surface area contributed by atoms with Crippen LogP contribution in [0.4, 0.5) is 10.5 Å². The predicted molar refractivity (Wildman–Crippen MR) is 118 cm³/mol. The number of benzene rings is 2. The van der Waals surface area contributed by atoms with Crippen molar-refractivity contribution >= 4 is 17.7 Å². The highest BCUT2D eigenvalue weighted by molar-refractivity contribution is 5.89. The fourth-order valence-electron chi connectivity index (χ4n) is 2.94. The number of hydrogen-bond acceptors (Lipinski definition) is 5. The van der Waals surface area contributed by atoms with Crippen molar-refractivity contribution in [2.45, 2.75) is 19.4 Å². The minimum atomic E-state index is -0.363. The number of carbonyl (C=O) groups excluding carboxylic acids is 2. The van der Waals surface area contributed by atoms with E-state index in [0.717, 1.165) is 5.56 Å². The molecular formula is C24H25N3O4. The standard InChI is InChI=1S/C24H25N3O4/c1-2-30-23(28)19-8-10-21(11-9-19)31-22(18-6-4-3-5-7-18)14-17-26-24(29)27-20-12-15-25-16-13-20/h3-13,15-16,22H,2,14,17H2,1H3,(H2,25,26,27,29). The molecule has 0 saturated carbocycles. The maximum absolute atomic E-state index is 12.1. The van der Waals surface area contributed by atoms with Crippen LogP contribution < -0.4 is 15.4 Å². The van der Waals surface area contributed by atoms with Crippen LogP contribution in [0.3, 0.4) is 0 Å². The Balaban J connectivity index is 1.60. The van der Waals surface area contributed by atoms with Gasteiger partial charge in [0.25, 0.3) is 0 Å². The number of urea groups is 1. The van der Waals surface area contributed by atoms with Crippen LogP contribution in [-0.2, 0) is 4.74 Å². The summed E-state index contributed by atoms with van der Waals surface area (Å²) in [5, 5.41) is 5.60. The first-order valence-electron chi connectivity index (χ1n) is 10.1. The van der Waals surface area contributed by atoms with E-state index in [4.69, 9.17) is 9.47 Å². The molecular weight excluding hydrogens is 394 g/mol. The molecule has 1 unspecified atom stereocenters. The molecule has 0 aliphatic carbocycles. The van der Waals surface area contributed by atoms with Gasteiger partial charge < -0.3 is 20.1 Å². The average molecular weight is 419 g/mol. The summed E-state index contributed by atoms with van der Waals surface area (Å²) in [6.45, 7) is 2.51. The second kappa shape index (κ2) is 11.3. The van der Waals surface area contributed by atoms with Gasteiger partial charge in [-0.25, -0.2) is 9.59 Å². The fourth-order valence-corrected chi connectivity index (χ4v) is 2.94. The van der Waals surface area contributed by atoms with Crippen LogP contribution in [0.5, 0.6) is 5.75 Å². The van der Waals surface area contributed by atoms with Crippen LogP contribution in [0.1, 0.15) is 35.4 Å². The Morgan fingerprint density at radius 3 is 2.35 bits per heavy atom. The maximum atomic E-state index is 12.1. The highest BCUT2D eigenvalue weighted by Crippen LogP contribution is 2.25. The zero-order chi connectivity index (χ0) is 21.9. The molecule has 1 heterocycles. The van der Waals surface area contributed by atoms with Crippen molar-refractivity contribution in [3.63, 3.8) is 0 Å². The van der Waals surface area contributed by atoms with Crippen molar-refractivity contribution in [1.29, 1.82) is 0 Å². The second-order valence-electron chi connectivity index (χ2n) is 6.67. The van der Waals surface area contributed by atoms with E-state index in [1.165, 1.54) is 0 Å². The third kappa shape index (κ3) is 6.85. The first-order chi connectivity index (χ1) is 15.2. The Labute approximate surface area is 181 Å². The van der Waals surface area contributed by atoms with Crippen molar-refractivity contribution in [3.05, 3.63) is 90.3 Å². The van der Waals surface area contributed by atoms with Gasteiger partial charge in [0.2, 0.25) is 0 Å². The number of amides is 2. The molecule has 2 aromatic carbocycles. The molecule has 3 rings (SSSR count). The monoisotopic (exact) mass is 419 g/mol. The van der Waals surface area contributed by atoms with Crippen molar-refractivity contribution in [1.82, 2.24) is 10.3 Å². The molecule has 0 fully saturated rings. The molecule has 0 saturated heterocycles. The van der Waals surface area contributed by atoms with Gasteiger partial charge in [-0.1, -0.05) is 30.3 Å². The smallest absolute Gasteiger partial charge is 0.338 e. The lowest BCUT2D eigenvalue weighted by Crippen LogP contribution is -2.30. The number of ether oxygens (including phenoxy) is 2. The molecule has 7 heteroatoms. The van der Waals surface area contributed by atoms with Gasteiger partial charge in [-0.05, 0) is 48.9 Å². The molecule has 0 aliphatic heterocycles. The summed E-state index contributed by atoms with van der Waals surface area (Å²) in [7, 11) is 0. The number of anilines is 1. The molecule has 2 N–H and O–H groups in total. The van der Waals surface area contributed by atoms with E-state index in [2.05, 4.69) is 15.6 Å². The third-order valence-electron chi connectivity index (χ3n) is 4.45. The number of rotatable bonds is 9. The highest BCUT2D eigenvalue weighted by Gasteiger charge is 2.15. The van der Waals surface area contributed by atoms with Crippen molar-refractivity contribution in [2.24, 2.45) is 0 Å². The Morgan fingerprint density at radius 2 is 1.68 bits per heavy atom. The zero-order valence-corrected chi connectivity index (χ0v) is 17.3. The summed E-state index contributed by atoms with van der Waals surface area (Å²) in [4.78, 5) is 27.9. The Kier molecular flexibility index (Phi) is 7.99. The van der Waals surface area contributed by atoms with Gasteiger partial charge >= 0.3 is 12.0 Å². The van der Waals surface area contributed by atoms with Gasteiger partial charge in [0.1, 0.15) is 11.9 Å². The van der Waals surface area contributed by atoms with Gasteiger partial charge in [-0.3, -0.25) is 4.98 Å². The molecule has 160 valence electrons. The number of aromatic nitrogens is 1. The van der Waals surface area contributed by atoms with Gasteiger partial charge in [0, 0.05) is 31.0 Å². The van der Waals surface area contributed by atoms with Crippen molar-refractivity contribution < 1.29 is 19.1 Å². The Bertz CT molecular complexity index is 963. The summed E-state index contributed by atoms with van der Waals surface area (Å²) in [5.74, 6) is 0.265. The SMILES string of the molecule is CCOC(=O)c1ccc(OC(CCNC(=O)Nc2ccncc2)c2ccccc2)cc1. The molecule has 1 aromatic heterocycles. The van der Waals surface area contributed by atoms with Crippen LogP contribution in [0.25, 0.3) is 0 Å². The molecule has 0 aliphatic rings. The van der Waals surface area contributed by atoms with Crippen molar-refractivity contribution in [3.8, 4) is 5.75 Å². The summed E-state index contributed by atoms with van der Waals surface area (Å²) in [6.07, 6.45) is 3.52. The van der Waals surface area contributed by atoms with Gasteiger partial charge in [-0.2, -0.15) is 0 Å². The second-order valence-corrected chi connectivity index (χ2v) is 6.67. The van der Waals surface area contributed by atoms with Crippen LogP contribution in [0.2, 0.25) is 0 Å². The minimum Gasteiger partial charge on any atom is -0.486 e. The van der Waals surface area contributed by atoms with Crippen LogP contribution in [-0.4, -0.2) is 30.1 Å². The number of pyridine rings is 1. The Morgan fingerprint density at radius 1 is 0.968 bits per heavy atom. The normalized spacial score (nSPS) is 11.3. The lowest BCUT2D eigenvalue weighted by atomic mass is 10.1. The van der Waals surface area contributed by atoms with E-state index in [-0.39, 0.29) is 18.1 Å². The molecule has 0 radical (unpaired) electrons. The summed E-state index contributed by atoms with van der Waals surface area (Å²) < 4.78 is 11.2. The lowest BCUT2D eigenvalue weighted by Gasteiger charge is -2.20. The summed E-state index contributed by atoms with van der Waals surface area (Å²) >= 11 is 0. The van der Waals surface area contributed by atoms with E-state index >= 15 is 0 Å². The fraction of sp³-hybridized carbons (Fsp3) is 0.208. The molecule has 7 nitrogen and oxygen atoms in total. The first kappa shape index (κ1) is 21.8. The zero-order valence-electron chi connectivity index (χ0n) is 17.3. The van der Waals surface area contributed by atoms with Gasteiger partial charge in [0.05, 0.1) is 12.2 Å². The maximum Gasteiger partial charge on any atom is 0.338 e. The van der Waals surface area contributed by atoms with E-state index < -0.39 is 0 Å². The summed E-state index contributed by atoms with van der Waals surface area (Å²) in [6, 6.07) is 19.8. The first-order valence-corrected chi connectivity index (χ1v) is 10.1. The topological polar surface area (TPSA) is 89.5 Å². The van der Waals surface area contributed by atoms with Crippen molar-refractivity contribution in [2.75, 3.05) is 18.5 Å². The van der Waals surface area contributed by atoms with E-state index in [0.29, 0.717) is 36.6 Å². The number of nitrogens with one attached hydrogen (secondary N) is 2. The average Bonchev–Trinajstić information content (AvgIpc) is 2.80.